The Morgan fingerprint density at radius 2 is 1.77 bits per heavy atom. The van der Waals surface area contributed by atoms with Gasteiger partial charge in [0.15, 0.2) is 5.69 Å². The molecule has 39 heavy (non-hydrogen) atoms. The largest absolute Gasteiger partial charge is 0.416 e. The van der Waals surface area contributed by atoms with Crippen LogP contribution in [0, 0.1) is 0 Å². The molecule has 200 valence electrons. The molecule has 8 nitrogen and oxygen atoms in total. The van der Waals surface area contributed by atoms with Crippen molar-refractivity contribution in [1.29, 1.82) is 0 Å². The average Bonchev–Trinajstić information content (AvgIpc) is 3.54. The number of hydrogen-bond donors (Lipinski definition) is 1. The van der Waals surface area contributed by atoms with E-state index in [2.05, 4.69) is 15.1 Å². The molecular formula is C28H25F3N6O2. The minimum absolute atomic E-state index is 0.0374. The molecule has 2 aliphatic rings. The molecular weight excluding hydrogens is 509 g/mol. The van der Waals surface area contributed by atoms with Gasteiger partial charge in [-0.15, -0.1) is 0 Å². The van der Waals surface area contributed by atoms with E-state index >= 15 is 0 Å². The predicted molar refractivity (Wildman–Crippen MR) is 141 cm³/mol. The molecule has 2 aromatic carbocycles. The Bertz CT molecular complexity index is 1650. The lowest BCUT2D eigenvalue weighted by molar-refractivity contribution is -0.137. The summed E-state index contributed by atoms with van der Waals surface area (Å²) in [6.45, 7) is 1.48. The van der Waals surface area contributed by atoms with Gasteiger partial charge < -0.3 is 9.88 Å². The number of allylic oxidation sites excluding steroid dienone is 1. The van der Waals surface area contributed by atoms with Crippen molar-refractivity contribution in [2.24, 2.45) is 4.99 Å². The van der Waals surface area contributed by atoms with E-state index in [0.717, 1.165) is 28.7 Å². The number of H-pyrrole nitrogens is 1. The minimum Gasteiger partial charge on any atom is -0.337 e. The van der Waals surface area contributed by atoms with Gasteiger partial charge in [0.05, 0.1) is 28.0 Å². The van der Waals surface area contributed by atoms with Gasteiger partial charge in [-0.25, -0.2) is 9.48 Å². The fraction of sp³-hybridized carbons (Fsp3) is 0.286. The van der Waals surface area contributed by atoms with Crippen LogP contribution in [0.15, 0.2) is 70.5 Å². The summed E-state index contributed by atoms with van der Waals surface area (Å²) in [6.07, 6.45) is 0.922. The van der Waals surface area contributed by atoms with Crippen LogP contribution in [0.1, 0.15) is 47.1 Å². The molecule has 1 N–H and O–H groups in total. The van der Waals surface area contributed by atoms with Crippen molar-refractivity contribution in [1.82, 2.24) is 24.2 Å². The summed E-state index contributed by atoms with van der Waals surface area (Å²) >= 11 is 0. The molecule has 11 heteroatoms. The Morgan fingerprint density at radius 1 is 1.03 bits per heavy atom. The zero-order valence-electron chi connectivity index (χ0n) is 20.9. The molecule has 0 bridgehead atoms. The normalized spacial score (nSPS) is 16.6. The maximum absolute atomic E-state index is 13.5. The maximum Gasteiger partial charge on any atom is 0.416 e. The first kappa shape index (κ1) is 24.9. The fourth-order valence-electron chi connectivity index (χ4n) is 5.33. The predicted octanol–water partition coefficient (Wildman–Crippen LogP) is 4.87. The van der Waals surface area contributed by atoms with Crippen molar-refractivity contribution in [3.05, 3.63) is 88.1 Å². The zero-order valence-corrected chi connectivity index (χ0v) is 20.9. The van der Waals surface area contributed by atoms with E-state index in [0.29, 0.717) is 50.3 Å². The topological polar surface area (TPSA) is 88.3 Å². The number of amides is 1. The number of likely N-dealkylation sites (tertiary alicyclic amines) is 1. The van der Waals surface area contributed by atoms with Crippen LogP contribution >= 0.6 is 0 Å². The molecule has 0 aliphatic carbocycles. The smallest absolute Gasteiger partial charge is 0.337 e. The van der Waals surface area contributed by atoms with Crippen molar-refractivity contribution in [2.45, 2.75) is 31.5 Å². The van der Waals surface area contributed by atoms with E-state index < -0.39 is 11.7 Å². The number of halogens is 3. The van der Waals surface area contributed by atoms with Gasteiger partial charge in [0, 0.05) is 31.9 Å². The van der Waals surface area contributed by atoms with Gasteiger partial charge in [0.1, 0.15) is 0 Å². The highest BCUT2D eigenvalue weighted by molar-refractivity contribution is 5.94. The molecule has 2 aliphatic heterocycles. The van der Waals surface area contributed by atoms with Gasteiger partial charge in [-0.05, 0) is 73.4 Å². The number of dihydropyridines is 1. The summed E-state index contributed by atoms with van der Waals surface area (Å²) in [5.74, 6) is -0.253. The Balaban J connectivity index is 1.26. The van der Waals surface area contributed by atoms with Gasteiger partial charge in [0.2, 0.25) is 0 Å². The van der Waals surface area contributed by atoms with Crippen LogP contribution < -0.4 is 5.69 Å². The number of aliphatic imine (C=N–C) groups is 1. The van der Waals surface area contributed by atoms with E-state index in [1.54, 1.807) is 21.7 Å². The summed E-state index contributed by atoms with van der Waals surface area (Å²) in [6, 6.07) is 13.9. The van der Waals surface area contributed by atoms with Crippen LogP contribution in [0.25, 0.3) is 22.3 Å². The molecule has 0 saturated carbocycles. The first-order chi connectivity index (χ1) is 18.8. The molecule has 0 spiro atoms. The second-order valence-corrected chi connectivity index (χ2v) is 9.71. The van der Waals surface area contributed by atoms with Crippen molar-refractivity contribution < 1.29 is 18.0 Å². The number of rotatable bonds is 4. The summed E-state index contributed by atoms with van der Waals surface area (Å²) in [7, 11) is 0. The van der Waals surface area contributed by atoms with Crippen LogP contribution in [-0.4, -0.2) is 56.0 Å². The monoisotopic (exact) mass is 534 g/mol. The number of nitrogens with zero attached hydrogens (tertiary/aromatic N) is 5. The molecule has 4 aromatic rings. The number of aromatic amines is 1. The third-order valence-electron chi connectivity index (χ3n) is 7.33. The zero-order chi connectivity index (χ0) is 27.1. The van der Waals surface area contributed by atoms with Gasteiger partial charge in [-0.2, -0.15) is 18.3 Å². The summed E-state index contributed by atoms with van der Waals surface area (Å²) in [4.78, 5) is 34.9. The van der Waals surface area contributed by atoms with Crippen LogP contribution in [0.4, 0.5) is 13.2 Å². The van der Waals surface area contributed by atoms with Crippen molar-refractivity contribution in [2.75, 3.05) is 19.6 Å². The van der Waals surface area contributed by atoms with Crippen LogP contribution in [0.3, 0.4) is 0 Å². The second-order valence-electron chi connectivity index (χ2n) is 9.71. The third kappa shape index (κ3) is 4.68. The molecule has 1 saturated heterocycles. The number of carbonyl (C=O) groups excluding carboxylic acids is 1. The van der Waals surface area contributed by atoms with Crippen LogP contribution in [0.5, 0.6) is 0 Å². The highest BCUT2D eigenvalue weighted by Crippen LogP contribution is 2.31. The summed E-state index contributed by atoms with van der Waals surface area (Å²) < 4.78 is 42.6. The molecule has 1 amide bonds. The minimum atomic E-state index is -4.45. The molecule has 2 aromatic heterocycles. The molecule has 0 unspecified atom stereocenters. The van der Waals surface area contributed by atoms with E-state index in [9.17, 15) is 22.8 Å². The summed E-state index contributed by atoms with van der Waals surface area (Å²) in [5, 5.41) is 4.55. The number of carbonyl (C=O) groups is 1. The number of alkyl halides is 3. The van der Waals surface area contributed by atoms with Gasteiger partial charge in [0.25, 0.3) is 5.91 Å². The number of fused-ring (bicyclic) bond motifs is 1. The van der Waals surface area contributed by atoms with Gasteiger partial charge in [-0.1, -0.05) is 12.1 Å². The molecule has 0 radical (unpaired) electrons. The Hall–Kier alpha value is -4.41. The number of para-hydroxylation sites is 2. The lowest BCUT2D eigenvalue weighted by atomic mass is 10.0. The van der Waals surface area contributed by atoms with Crippen molar-refractivity contribution in [3.8, 4) is 5.69 Å². The highest BCUT2D eigenvalue weighted by Gasteiger charge is 2.31. The SMILES string of the molecule is O=C(c1cc(C2=CC=NCC2)n(-c2ccc(C(F)(F)F)cc2)n1)N1CCC(n2c(=O)[nH]c3ccccc32)CC1. The van der Waals surface area contributed by atoms with Crippen LogP contribution in [-0.2, 0) is 6.18 Å². The number of nitrogens with one attached hydrogen (secondary N) is 1. The van der Waals surface area contributed by atoms with E-state index in [-0.39, 0.29) is 23.3 Å². The molecule has 1 fully saturated rings. The van der Waals surface area contributed by atoms with Gasteiger partial charge >= 0.3 is 11.9 Å². The Morgan fingerprint density at radius 3 is 2.46 bits per heavy atom. The second kappa shape index (κ2) is 9.72. The average molecular weight is 535 g/mol. The molecule has 4 heterocycles. The lowest BCUT2D eigenvalue weighted by Gasteiger charge is -2.32. The Kier molecular flexibility index (Phi) is 6.20. The van der Waals surface area contributed by atoms with Crippen molar-refractivity contribution in [3.63, 3.8) is 0 Å². The quantitative estimate of drug-likeness (QED) is 0.405. The Labute approximate surface area is 221 Å². The lowest BCUT2D eigenvalue weighted by Crippen LogP contribution is -2.40. The standard InChI is InChI=1S/C28H25F3N6O2/c29-28(30,31)19-5-7-21(8-6-19)37-25(18-9-13-32-14-10-18)17-23(34-37)26(38)35-15-11-20(12-16-35)36-24-4-2-1-3-22(24)33-27(36)39/h1-9,13,17,20H,10-12,14-16H2,(H,33,39). The molecule has 0 atom stereocenters. The first-order valence-electron chi connectivity index (χ1n) is 12.8. The van der Waals surface area contributed by atoms with Gasteiger partial charge in [-0.3, -0.25) is 14.4 Å². The number of benzene rings is 2. The summed E-state index contributed by atoms with van der Waals surface area (Å²) in [5.41, 5.74) is 2.90. The van der Waals surface area contributed by atoms with E-state index in [4.69, 9.17) is 0 Å². The van der Waals surface area contributed by atoms with Crippen molar-refractivity contribution >= 4 is 28.7 Å². The molecule has 6 rings (SSSR count). The first-order valence-corrected chi connectivity index (χ1v) is 12.8. The maximum atomic E-state index is 13.5. The third-order valence-corrected chi connectivity index (χ3v) is 7.33. The fourth-order valence-corrected chi connectivity index (χ4v) is 5.33. The number of hydrogen-bond acceptors (Lipinski definition) is 4. The van der Waals surface area contributed by atoms with Crippen LogP contribution in [0.2, 0.25) is 0 Å². The van der Waals surface area contributed by atoms with E-state index in [1.807, 2.05) is 30.3 Å². The number of aromatic nitrogens is 4. The highest BCUT2D eigenvalue weighted by atomic mass is 19.4. The van der Waals surface area contributed by atoms with E-state index in [1.165, 1.54) is 16.8 Å². The number of imidazole rings is 1. The number of piperidine rings is 1.